The molecule has 4 nitrogen and oxygen atoms in total. The van der Waals surface area contributed by atoms with Gasteiger partial charge in [-0.1, -0.05) is 0 Å². The number of ether oxygens (including phenoxy) is 1. The summed E-state index contributed by atoms with van der Waals surface area (Å²) in [6, 6.07) is 0. The lowest BCUT2D eigenvalue weighted by atomic mass is 9.98. The van der Waals surface area contributed by atoms with Crippen molar-refractivity contribution in [2.75, 3.05) is 13.1 Å². The maximum absolute atomic E-state index is 11.6. The van der Waals surface area contributed by atoms with Gasteiger partial charge in [-0.05, 0) is 39.8 Å². The first-order chi connectivity index (χ1) is 6.55. The Hall–Kier alpha value is -0.900. The van der Waals surface area contributed by atoms with Gasteiger partial charge in [-0.25, -0.2) is 0 Å². The molecule has 1 fully saturated rings. The van der Waals surface area contributed by atoms with Gasteiger partial charge in [0, 0.05) is 0 Å². The fourth-order valence-corrected chi connectivity index (χ4v) is 1.42. The number of hydrogen-bond acceptors (Lipinski definition) is 4. The lowest BCUT2D eigenvalue weighted by molar-refractivity contribution is -0.164. The smallest absolute Gasteiger partial charge is 0.309 e. The van der Waals surface area contributed by atoms with Gasteiger partial charge in [-0.15, -0.1) is 0 Å². The SMILES string of the molecule is CC(C)(C=O)OC(=O)C1CCNCC1. The van der Waals surface area contributed by atoms with Crippen LogP contribution >= 0.6 is 0 Å². The van der Waals surface area contributed by atoms with Crippen molar-refractivity contribution in [1.82, 2.24) is 5.32 Å². The van der Waals surface area contributed by atoms with E-state index in [2.05, 4.69) is 5.32 Å². The van der Waals surface area contributed by atoms with E-state index < -0.39 is 5.60 Å². The predicted octanol–water partition coefficient (Wildman–Crippen LogP) is 0.507. The van der Waals surface area contributed by atoms with Crippen LogP contribution in [-0.2, 0) is 14.3 Å². The molecule has 0 aromatic carbocycles. The van der Waals surface area contributed by atoms with Crippen LogP contribution in [0.1, 0.15) is 26.7 Å². The molecule has 0 atom stereocenters. The van der Waals surface area contributed by atoms with Gasteiger partial charge in [0.1, 0.15) is 0 Å². The number of esters is 1. The number of aldehydes is 1. The Morgan fingerprint density at radius 2 is 2.00 bits per heavy atom. The molecule has 1 saturated heterocycles. The van der Waals surface area contributed by atoms with E-state index in [0.29, 0.717) is 6.29 Å². The number of carbonyl (C=O) groups excluding carboxylic acids is 2. The van der Waals surface area contributed by atoms with Gasteiger partial charge >= 0.3 is 5.97 Å². The molecule has 4 heteroatoms. The topological polar surface area (TPSA) is 55.4 Å². The second-order valence-corrected chi connectivity index (χ2v) is 4.17. The zero-order valence-corrected chi connectivity index (χ0v) is 8.71. The van der Waals surface area contributed by atoms with E-state index in [-0.39, 0.29) is 11.9 Å². The van der Waals surface area contributed by atoms with E-state index >= 15 is 0 Å². The van der Waals surface area contributed by atoms with Crippen molar-refractivity contribution in [3.8, 4) is 0 Å². The number of carbonyl (C=O) groups is 2. The molecule has 1 aliphatic rings. The van der Waals surface area contributed by atoms with Gasteiger partial charge in [-0.3, -0.25) is 9.59 Å². The van der Waals surface area contributed by atoms with Gasteiger partial charge in [-0.2, -0.15) is 0 Å². The van der Waals surface area contributed by atoms with Crippen LogP contribution in [0.5, 0.6) is 0 Å². The molecule has 0 aliphatic carbocycles. The van der Waals surface area contributed by atoms with Crippen LogP contribution in [-0.4, -0.2) is 30.9 Å². The van der Waals surface area contributed by atoms with Gasteiger partial charge in [0.2, 0.25) is 0 Å². The van der Waals surface area contributed by atoms with Gasteiger partial charge in [0.05, 0.1) is 5.92 Å². The highest BCUT2D eigenvalue weighted by atomic mass is 16.6. The molecule has 1 N–H and O–H groups in total. The molecule has 0 radical (unpaired) electrons. The van der Waals surface area contributed by atoms with Crippen molar-refractivity contribution in [3.63, 3.8) is 0 Å². The van der Waals surface area contributed by atoms with Gasteiger partial charge in [0.15, 0.2) is 11.9 Å². The second kappa shape index (κ2) is 4.55. The van der Waals surface area contributed by atoms with Crippen molar-refractivity contribution >= 4 is 12.3 Å². The summed E-state index contributed by atoms with van der Waals surface area (Å²) < 4.78 is 5.09. The summed E-state index contributed by atoms with van der Waals surface area (Å²) in [7, 11) is 0. The number of nitrogens with one attached hydrogen (secondary N) is 1. The highest BCUT2D eigenvalue weighted by Gasteiger charge is 2.28. The van der Waals surface area contributed by atoms with Crippen LogP contribution in [0.4, 0.5) is 0 Å². The van der Waals surface area contributed by atoms with Crippen LogP contribution in [0, 0.1) is 5.92 Å². The first-order valence-electron chi connectivity index (χ1n) is 4.95. The lowest BCUT2D eigenvalue weighted by Gasteiger charge is -2.25. The Morgan fingerprint density at radius 3 is 2.50 bits per heavy atom. The predicted molar refractivity (Wildman–Crippen MR) is 51.8 cm³/mol. The molecule has 0 bridgehead atoms. The largest absolute Gasteiger partial charge is 0.452 e. The zero-order chi connectivity index (χ0) is 10.6. The highest BCUT2D eigenvalue weighted by molar-refractivity contribution is 5.76. The number of rotatable bonds is 3. The maximum Gasteiger partial charge on any atom is 0.309 e. The molecule has 0 spiro atoms. The molecular formula is C10H17NO3. The Bertz CT molecular complexity index is 219. The monoisotopic (exact) mass is 199 g/mol. The van der Waals surface area contributed by atoms with Crippen LogP contribution in [0.3, 0.4) is 0 Å². The van der Waals surface area contributed by atoms with Crippen molar-refractivity contribution in [2.24, 2.45) is 5.92 Å². The average molecular weight is 199 g/mol. The number of hydrogen-bond donors (Lipinski definition) is 1. The molecule has 0 saturated carbocycles. The Labute approximate surface area is 84.0 Å². The normalized spacial score (nSPS) is 19.0. The summed E-state index contributed by atoms with van der Waals surface area (Å²) in [6.45, 7) is 4.89. The molecule has 80 valence electrons. The quantitative estimate of drug-likeness (QED) is 0.531. The zero-order valence-electron chi connectivity index (χ0n) is 8.71. The van der Waals surface area contributed by atoms with E-state index in [9.17, 15) is 9.59 Å². The highest BCUT2D eigenvalue weighted by Crippen LogP contribution is 2.17. The summed E-state index contributed by atoms with van der Waals surface area (Å²) in [4.78, 5) is 22.1. The Balaban J connectivity index is 2.44. The second-order valence-electron chi connectivity index (χ2n) is 4.17. The van der Waals surface area contributed by atoms with Crippen LogP contribution < -0.4 is 5.32 Å². The minimum atomic E-state index is -0.984. The molecule has 0 aromatic rings. The van der Waals surface area contributed by atoms with E-state index in [0.717, 1.165) is 25.9 Å². The first kappa shape index (κ1) is 11.2. The molecule has 0 amide bonds. The van der Waals surface area contributed by atoms with Gasteiger partial charge in [0.25, 0.3) is 0 Å². The van der Waals surface area contributed by atoms with Crippen LogP contribution in [0.25, 0.3) is 0 Å². The minimum absolute atomic E-state index is 0.0459. The third-order valence-corrected chi connectivity index (χ3v) is 2.32. The van der Waals surface area contributed by atoms with Crippen LogP contribution in [0.2, 0.25) is 0 Å². The summed E-state index contributed by atoms with van der Waals surface area (Å²) in [5.74, 6) is -0.293. The Morgan fingerprint density at radius 1 is 1.43 bits per heavy atom. The van der Waals surface area contributed by atoms with E-state index in [1.165, 1.54) is 0 Å². The van der Waals surface area contributed by atoms with Gasteiger partial charge < -0.3 is 10.1 Å². The standard InChI is InChI=1S/C10H17NO3/c1-10(2,7-12)14-9(13)8-3-5-11-6-4-8/h7-8,11H,3-6H2,1-2H3. The maximum atomic E-state index is 11.6. The van der Waals surface area contributed by atoms with Crippen molar-refractivity contribution in [1.29, 1.82) is 0 Å². The Kier molecular flexibility index (Phi) is 3.63. The third-order valence-electron chi connectivity index (χ3n) is 2.32. The minimum Gasteiger partial charge on any atom is -0.452 e. The molecule has 1 aliphatic heterocycles. The van der Waals surface area contributed by atoms with Crippen molar-refractivity contribution < 1.29 is 14.3 Å². The van der Waals surface area contributed by atoms with E-state index in [1.807, 2.05) is 0 Å². The third kappa shape index (κ3) is 3.10. The average Bonchev–Trinajstić information content (AvgIpc) is 2.19. The summed E-state index contributed by atoms with van der Waals surface area (Å²) in [6.07, 6.45) is 2.26. The molecule has 0 unspecified atom stereocenters. The molecular weight excluding hydrogens is 182 g/mol. The van der Waals surface area contributed by atoms with Crippen molar-refractivity contribution in [2.45, 2.75) is 32.3 Å². The van der Waals surface area contributed by atoms with E-state index in [1.54, 1.807) is 13.8 Å². The summed E-state index contributed by atoms with van der Waals surface area (Å²) >= 11 is 0. The molecule has 1 heterocycles. The fraction of sp³-hybridized carbons (Fsp3) is 0.800. The number of piperidine rings is 1. The van der Waals surface area contributed by atoms with E-state index in [4.69, 9.17) is 4.74 Å². The van der Waals surface area contributed by atoms with Crippen LogP contribution in [0.15, 0.2) is 0 Å². The summed E-state index contributed by atoms with van der Waals surface area (Å²) in [5.41, 5.74) is -0.984. The molecule has 1 rings (SSSR count). The molecule has 0 aromatic heterocycles. The molecule has 14 heavy (non-hydrogen) atoms. The lowest BCUT2D eigenvalue weighted by Crippen LogP contribution is -2.37. The summed E-state index contributed by atoms with van der Waals surface area (Å²) in [5, 5.41) is 3.17. The fourth-order valence-electron chi connectivity index (χ4n) is 1.42. The first-order valence-corrected chi connectivity index (χ1v) is 4.95. The van der Waals surface area contributed by atoms with Crippen molar-refractivity contribution in [3.05, 3.63) is 0 Å².